The highest BCUT2D eigenvalue weighted by atomic mass is 16.5. The molecule has 4 nitrogen and oxygen atoms in total. The highest BCUT2D eigenvalue weighted by Crippen LogP contribution is 2.41. The van der Waals surface area contributed by atoms with Gasteiger partial charge in [0.1, 0.15) is 0 Å². The van der Waals surface area contributed by atoms with E-state index in [2.05, 4.69) is 5.32 Å². The van der Waals surface area contributed by atoms with Gasteiger partial charge in [0.2, 0.25) is 5.91 Å². The minimum absolute atomic E-state index is 0.196. The van der Waals surface area contributed by atoms with Crippen LogP contribution in [0.15, 0.2) is 0 Å². The number of hydrogen-bond donors (Lipinski definition) is 1. The van der Waals surface area contributed by atoms with Gasteiger partial charge in [0.15, 0.2) is 0 Å². The first-order chi connectivity index (χ1) is 10.3. The summed E-state index contributed by atoms with van der Waals surface area (Å²) < 4.78 is 6.33. The lowest BCUT2D eigenvalue weighted by atomic mass is 9.83. The molecule has 2 heterocycles. The number of nitrogens with zero attached hydrogens (tertiary/aromatic N) is 1. The van der Waals surface area contributed by atoms with E-state index in [0.29, 0.717) is 12.6 Å². The van der Waals surface area contributed by atoms with E-state index in [4.69, 9.17) is 4.74 Å². The zero-order valence-corrected chi connectivity index (χ0v) is 13.2. The summed E-state index contributed by atoms with van der Waals surface area (Å²) in [7, 11) is 0. The molecule has 2 saturated heterocycles. The van der Waals surface area contributed by atoms with Crippen molar-refractivity contribution in [2.75, 3.05) is 26.2 Å². The van der Waals surface area contributed by atoms with Crippen molar-refractivity contribution in [3.8, 4) is 0 Å². The maximum Gasteiger partial charge on any atom is 0.236 e. The molecule has 0 aromatic heterocycles. The monoisotopic (exact) mass is 294 g/mol. The van der Waals surface area contributed by atoms with Crippen molar-refractivity contribution in [2.45, 2.75) is 75.9 Å². The number of carbonyl (C=O) groups is 1. The van der Waals surface area contributed by atoms with Gasteiger partial charge in [0, 0.05) is 19.6 Å². The van der Waals surface area contributed by atoms with Crippen LogP contribution in [0, 0.1) is 0 Å². The van der Waals surface area contributed by atoms with Crippen LogP contribution < -0.4 is 5.32 Å². The molecule has 120 valence electrons. The zero-order chi connectivity index (χ0) is 14.5. The standard InChI is InChI=1S/C17H30N2O2/c20-16(19-11-5-2-6-12-19)14-18-13-15-7-10-17(21-15)8-3-1-4-9-17/h15,18H,1-14H2. The Hall–Kier alpha value is -0.610. The van der Waals surface area contributed by atoms with Gasteiger partial charge in [-0.2, -0.15) is 0 Å². The summed E-state index contributed by atoms with van der Waals surface area (Å²) in [4.78, 5) is 14.1. The molecule has 0 aromatic carbocycles. The molecule has 0 radical (unpaired) electrons. The quantitative estimate of drug-likeness (QED) is 0.866. The van der Waals surface area contributed by atoms with Crippen LogP contribution in [-0.4, -0.2) is 48.7 Å². The van der Waals surface area contributed by atoms with Crippen LogP contribution >= 0.6 is 0 Å². The summed E-state index contributed by atoms with van der Waals surface area (Å²) in [6.07, 6.45) is 12.8. The van der Waals surface area contributed by atoms with Crippen molar-refractivity contribution < 1.29 is 9.53 Å². The largest absolute Gasteiger partial charge is 0.370 e. The smallest absolute Gasteiger partial charge is 0.236 e. The Morgan fingerprint density at radius 1 is 1.05 bits per heavy atom. The van der Waals surface area contributed by atoms with E-state index in [1.807, 2.05) is 4.90 Å². The maximum atomic E-state index is 12.1. The molecule has 1 spiro atoms. The van der Waals surface area contributed by atoms with E-state index in [0.717, 1.165) is 26.1 Å². The zero-order valence-electron chi connectivity index (χ0n) is 13.2. The molecular weight excluding hydrogens is 264 g/mol. The molecule has 3 aliphatic rings. The van der Waals surface area contributed by atoms with Crippen molar-refractivity contribution in [3.63, 3.8) is 0 Å². The fourth-order valence-corrected chi connectivity index (χ4v) is 4.20. The van der Waals surface area contributed by atoms with Gasteiger partial charge < -0.3 is 15.0 Å². The summed E-state index contributed by atoms with van der Waals surface area (Å²) in [5.41, 5.74) is 0.196. The fourth-order valence-electron chi connectivity index (χ4n) is 4.20. The van der Waals surface area contributed by atoms with E-state index in [1.54, 1.807) is 0 Å². The van der Waals surface area contributed by atoms with Crippen molar-refractivity contribution in [3.05, 3.63) is 0 Å². The maximum absolute atomic E-state index is 12.1. The van der Waals surface area contributed by atoms with Crippen LogP contribution in [0.5, 0.6) is 0 Å². The van der Waals surface area contributed by atoms with Crippen LogP contribution in [0.2, 0.25) is 0 Å². The SMILES string of the molecule is O=C(CNCC1CCC2(CCCCC2)O1)N1CCCCC1. The Morgan fingerprint density at radius 3 is 2.52 bits per heavy atom. The molecule has 1 unspecified atom stereocenters. The van der Waals surface area contributed by atoms with Crippen LogP contribution in [-0.2, 0) is 9.53 Å². The first-order valence-corrected chi connectivity index (χ1v) is 8.94. The molecule has 0 aromatic rings. The second kappa shape index (κ2) is 7.10. The first-order valence-electron chi connectivity index (χ1n) is 8.94. The highest BCUT2D eigenvalue weighted by Gasteiger charge is 2.40. The lowest BCUT2D eigenvalue weighted by molar-refractivity contribution is -0.131. The van der Waals surface area contributed by atoms with Gasteiger partial charge in [-0.15, -0.1) is 0 Å². The third kappa shape index (κ3) is 3.98. The molecule has 21 heavy (non-hydrogen) atoms. The molecule has 3 rings (SSSR count). The number of hydrogen-bond acceptors (Lipinski definition) is 3. The predicted octanol–water partition coefficient (Wildman–Crippen LogP) is 2.47. The van der Waals surface area contributed by atoms with Crippen molar-refractivity contribution in [1.29, 1.82) is 0 Å². The molecule has 3 fully saturated rings. The van der Waals surface area contributed by atoms with Crippen LogP contribution in [0.3, 0.4) is 0 Å². The first kappa shape index (κ1) is 15.3. The number of rotatable bonds is 4. The van der Waals surface area contributed by atoms with Crippen molar-refractivity contribution in [1.82, 2.24) is 10.2 Å². The summed E-state index contributed by atoms with van der Waals surface area (Å²) in [6, 6.07) is 0. The second-order valence-electron chi connectivity index (χ2n) is 7.09. The molecular formula is C17H30N2O2. The van der Waals surface area contributed by atoms with Gasteiger partial charge >= 0.3 is 0 Å². The number of carbonyl (C=O) groups excluding carboxylic acids is 1. The lowest BCUT2D eigenvalue weighted by Crippen LogP contribution is -2.43. The number of amides is 1. The topological polar surface area (TPSA) is 41.6 Å². The van der Waals surface area contributed by atoms with Gasteiger partial charge in [0.05, 0.1) is 18.2 Å². The fraction of sp³-hybridized carbons (Fsp3) is 0.941. The van der Waals surface area contributed by atoms with E-state index in [9.17, 15) is 4.79 Å². The molecule has 0 bridgehead atoms. The van der Waals surface area contributed by atoms with Gasteiger partial charge in [-0.25, -0.2) is 0 Å². The van der Waals surface area contributed by atoms with E-state index >= 15 is 0 Å². The van der Waals surface area contributed by atoms with Crippen molar-refractivity contribution in [2.24, 2.45) is 0 Å². The molecule has 2 aliphatic heterocycles. The Morgan fingerprint density at radius 2 is 1.76 bits per heavy atom. The third-order valence-electron chi connectivity index (χ3n) is 5.46. The molecule has 1 saturated carbocycles. The normalized spacial score (nSPS) is 29.0. The predicted molar refractivity (Wildman–Crippen MR) is 83.2 cm³/mol. The summed E-state index contributed by atoms with van der Waals surface area (Å²) >= 11 is 0. The Bertz CT molecular complexity index is 347. The molecule has 4 heteroatoms. The average Bonchev–Trinajstić information content (AvgIpc) is 2.91. The number of piperidine rings is 1. The molecule has 1 amide bonds. The van der Waals surface area contributed by atoms with Crippen LogP contribution in [0.4, 0.5) is 0 Å². The highest BCUT2D eigenvalue weighted by molar-refractivity contribution is 5.78. The Kier molecular flexibility index (Phi) is 5.17. The van der Waals surface area contributed by atoms with E-state index < -0.39 is 0 Å². The number of likely N-dealkylation sites (tertiary alicyclic amines) is 1. The van der Waals surface area contributed by atoms with Gasteiger partial charge in [-0.3, -0.25) is 4.79 Å². The minimum atomic E-state index is 0.196. The molecule has 1 atom stereocenters. The Labute approximate surface area is 128 Å². The Balaban J connectivity index is 1.35. The third-order valence-corrected chi connectivity index (χ3v) is 5.46. The van der Waals surface area contributed by atoms with E-state index in [-0.39, 0.29) is 11.5 Å². The van der Waals surface area contributed by atoms with Crippen LogP contribution in [0.1, 0.15) is 64.2 Å². The van der Waals surface area contributed by atoms with E-state index in [1.165, 1.54) is 57.8 Å². The molecule has 1 aliphatic carbocycles. The summed E-state index contributed by atoms with van der Waals surface area (Å²) in [6.45, 7) is 3.21. The second-order valence-corrected chi connectivity index (χ2v) is 7.09. The van der Waals surface area contributed by atoms with Gasteiger partial charge in [-0.1, -0.05) is 19.3 Å². The minimum Gasteiger partial charge on any atom is -0.370 e. The average molecular weight is 294 g/mol. The number of nitrogens with one attached hydrogen (secondary N) is 1. The lowest BCUT2D eigenvalue weighted by Gasteiger charge is -2.33. The van der Waals surface area contributed by atoms with Crippen LogP contribution in [0.25, 0.3) is 0 Å². The van der Waals surface area contributed by atoms with Crippen molar-refractivity contribution >= 4 is 5.91 Å². The molecule has 1 N–H and O–H groups in total. The summed E-state index contributed by atoms with van der Waals surface area (Å²) in [5.74, 6) is 0.264. The summed E-state index contributed by atoms with van der Waals surface area (Å²) in [5, 5.41) is 3.33. The van der Waals surface area contributed by atoms with Gasteiger partial charge in [0.25, 0.3) is 0 Å². The van der Waals surface area contributed by atoms with Gasteiger partial charge in [-0.05, 0) is 44.9 Å². The number of ether oxygens (including phenoxy) is 1.